The molecule has 104 valence electrons. The fourth-order valence-electron chi connectivity index (χ4n) is 1.95. The van der Waals surface area contributed by atoms with E-state index in [-0.39, 0.29) is 12.5 Å². The topological polar surface area (TPSA) is 41.1 Å². The second-order valence-electron chi connectivity index (χ2n) is 4.79. The highest BCUT2D eigenvalue weighted by molar-refractivity contribution is 9.10. The summed E-state index contributed by atoms with van der Waals surface area (Å²) < 4.78 is 0.999. The zero-order chi connectivity index (χ0) is 14.5. The summed E-state index contributed by atoms with van der Waals surface area (Å²) in [5.74, 6) is -0.0618. The first kappa shape index (κ1) is 14.6. The Hall–Kier alpha value is -1.81. The molecule has 0 spiro atoms. The number of hydrogen-bond acceptors (Lipinski definition) is 2. The number of carbonyl (C=O) groups excluding carboxylic acids is 1. The van der Waals surface area contributed by atoms with Gasteiger partial charge in [-0.15, -0.1) is 0 Å². The van der Waals surface area contributed by atoms with Crippen molar-refractivity contribution in [1.29, 1.82) is 0 Å². The van der Waals surface area contributed by atoms with Gasteiger partial charge < -0.3 is 10.6 Å². The summed E-state index contributed by atoms with van der Waals surface area (Å²) >= 11 is 3.44. The predicted octanol–water partition coefficient (Wildman–Crippen LogP) is 4.12. The number of nitrogens with one attached hydrogen (secondary N) is 2. The number of rotatable bonds is 4. The van der Waals surface area contributed by atoms with Crippen LogP contribution in [-0.2, 0) is 4.79 Å². The molecule has 2 N–H and O–H groups in total. The molecule has 0 fully saturated rings. The quantitative estimate of drug-likeness (QED) is 0.884. The van der Waals surface area contributed by atoms with Crippen LogP contribution in [0.25, 0.3) is 0 Å². The monoisotopic (exact) mass is 332 g/mol. The summed E-state index contributed by atoms with van der Waals surface area (Å²) in [6.45, 7) is 4.25. The first-order valence-electron chi connectivity index (χ1n) is 6.40. The molecule has 0 aliphatic heterocycles. The number of anilines is 2. The molecule has 2 aromatic carbocycles. The summed E-state index contributed by atoms with van der Waals surface area (Å²) in [5, 5.41) is 5.99. The van der Waals surface area contributed by atoms with Gasteiger partial charge in [-0.3, -0.25) is 4.79 Å². The molecular weight excluding hydrogens is 316 g/mol. The van der Waals surface area contributed by atoms with Crippen molar-refractivity contribution < 1.29 is 4.79 Å². The number of benzene rings is 2. The van der Waals surface area contributed by atoms with Gasteiger partial charge in [0.15, 0.2) is 0 Å². The van der Waals surface area contributed by atoms with Crippen LogP contribution in [0.4, 0.5) is 11.4 Å². The van der Waals surface area contributed by atoms with Gasteiger partial charge in [0, 0.05) is 15.8 Å². The number of carbonyl (C=O) groups is 1. The smallest absolute Gasteiger partial charge is 0.243 e. The Morgan fingerprint density at radius 1 is 1.05 bits per heavy atom. The Balaban J connectivity index is 1.92. The average Bonchev–Trinajstić information content (AvgIpc) is 2.35. The Bertz CT molecular complexity index is 605. The van der Waals surface area contributed by atoms with Crippen molar-refractivity contribution in [3.8, 4) is 0 Å². The van der Waals surface area contributed by atoms with Crippen molar-refractivity contribution in [2.45, 2.75) is 13.8 Å². The van der Waals surface area contributed by atoms with E-state index in [4.69, 9.17) is 0 Å². The van der Waals surface area contributed by atoms with Crippen LogP contribution in [0.3, 0.4) is 0 Å². The van der Waals surface area contributed by atoms with Gasteiger partial charge in [-0.05, 0) is 55.3 Å². The first-order chi connectivity index (χ1) is 9.52. The lowest BCUT2D eigenvalue weighted by molar-refractivity contribution is -0.114. The van der Waals surface area contributed by atoms with Gasteiger partial charge >= 0.3 is 0 Å². The Kier molecular flexibility index (Phi) is 4.79. The van der Waals surface area contributed by atoms with Crippen molar-refractivity contribution in [3.05, 3.63) is 58.1 Å². The maximum atomic E-state index is 11.9. The summed E-state index contributed by atoms with van der Waals surface area (Å²) in [5.41, 5.74) is 4.01. The number of aryl methyl sites for hydroxylation is 2. The van der Waals surface area contributed by atoms with Gasteiger partial charge in [0.1, 0.15) is 0 Å². The van der Waals surface area contributed by atoms with Crippen LogP contribution in [0.5, 0.6) is 0 Å². The molecule has 4 heteroatoms. The summed E-state index contributed by atoms with van der Waals surface area (Å²) in [6, 6.07) is 13.7. The van der Waals surface area contributed by atoms with Crippen LogP contribution in [-0.4, -0.2) is 12.5 Å². The fourth-order valence-corrected chi connectivity index (χ4v) is 2.56. The molecule has 0 radical (unpaired) electrons. The van der Waals surface area contributed by atoms with Crippen molar-refractivity contribution in [2.24, 2.45) is 0 Å². The maximum Gasteiger partial charge on any atom is 0.243 e. The van der Waals surface area contributed by atoms with E-state index in [0.29, 0.717) is 0 Å². The van der Waals surface area contributed by atoms with Crippen LogP contribution < -0.4 is 10.6 Å². The molecule has 2 aromatic rings. The van der Waals surface area contributed by atoms with Gasteiger partial charge in [0.05, 0.1) is 6.54 Å². The van der Waals surface area contributed by atoms with Crippen LogP contribution in [0, 0.1) is 13.8 Å². The van der Waals surface area contributed by atoms with E-state index in [0.717, 1.165) is 27.0 Å². The van der Waals surface area contributed by atoms with Crippen LogP contribution in [0.1, 0.15) is 11.1 Å². The van der Waals surface area contributed by atoms with E-state index in [9.17, 15) is 4.79 Å². The lowest BCUT2D eigenvalue weighted by Crippen LogP contribution is -2.21. The third kappa shape index (κ3) is 4.38. The van der Waals surface area contributed by atoms with Gasteiger partial charge in [-0.2, -0.15) is 0 Å². The molecule has 0 heterocycles. The fraction of sp³-hybridized carbons (Fsp3) is 0.188. The Labute approximate surface area is 127 Å². The minimum atomic E-state index is -0.0618. The molecule has 0 saturated heterocycles. The van der Waals surface area contributed by atoms with Crippen molar-refractivity contribution in [3.63, 3.8) is 0 Å². The SMILES string of the molecule is Cc1cc(Br)cc(NCC(=O)Nc2cccc(C)c2)c1. The molecule has 20 heavy (non-hydrogen) atoms. The van der Waals surface area contributed by atoms with Gasteiger partial charge in [-0.1, -0.05) is 28.1 Å². The Morgan fingerprint density at radius 3 is 2.50 bits per heavy atom. The number of amides is 1. The van der Waals surface area contributed by atoms with Crippen LogP contribution in [0.2, 0.25) is 0 Å². The zero-order valence-electron chi connectivity index (χ0n) is 11.5. The van der Waals surface area contributed by atoms with E-state index in [1.54, 1.807) is 0 Å². The molecule has 0 saturated carbocycles. The largest absolute Gasteiger partial charge is 0.376 e. The van der Waals surface area contributed by atoms with Crippen molar-refractivity contribution >= 4 is 33.2 Å². The zero-order valence-corrected chi connectivity index (χ0v) is 13.1. The molecule has 3 nitrogen and oxygen atoms in total. The molecule has 0 bridgehead atoms. The highest BCUT2D eigenvalue weighted by Gasteiger charge is 2.03. The molecule has 0 aliphatic carbocycles. The maximum absolute atomic E-state index is 11.9. The lowest BCUT2D eigenvalue weighted by Gasteiger charge is -2.09. The minimum absolute atomic E-state index is 0.0618. The minimum Gasteiger partial charge on any atom is -0.376 e. The lowest BCUT2D eigenvalue weighted by atomic mass is 10.2. The molecule has 0 aliphatic rings. The molecule has 2 rings (SSSR count). The molecule has 0 unspecified atom stereocenters. The molecular formula is C16H17BrN2O. The molecule has 1 amide bonds. The predicted molar refractivity (Wildman–Crippen MR) is 87.2 cm³/mol. The highest BCUT2D eigenvalue weighted by atomic mass is 79.9. The summed E-state index contributed by atoms with van der Waals surface area (Å²) in [4.78, 5) is 11.9. The second-order valence-corrected chi connectivity index (χ2v) is 5.70. The number of hydrogen-bond donors (Lipinski definition) is 2. The van der Waals surface area contributed by atoms with Crippen molar-refractivity contribution in [2.75, 3.05) is 17.2 Å². The van der Waals surface area contributed by atoms with Gasteiger partial charge in [-0.25, -0.2) is 0 Å². The van der Waals surface area contributed by atoms with E-state index in [1.807, 2.05) is 56.3 Å². The summed E-state index contributed by atoms with van der Waals surface area (Å²) in [7, 11) is 0. The standard InChI is InChI=1S/C16H17BrN2O/c1-11-4-3-5-14(7-11)19-16(20)10-18-15-8-12(2)6-13(17)9-15/h3-9,18H,10H2,1-2H3,(H,19,20). The average molecular weight is 333 g/mol. The van der Waals surface area contributed by atoms with Gasteiger partial charge in [0.2, 0.25) is 5.91 Å². The van der Waals surface area contributed by atoms with E-state index < -0.39 is 0 Å². The Morgan fingerprint density at radius 2 is 1.80 bits per heavy atom. The second kappa shape index (κ2) is 6.57. The van der Waals surface area contributed by atoms with Gasteiger partial charge in [0.25, 0.3) is 0 Å². The third-order valence-electron chi connectivity index (χ3n) is 2.80. The summed E-state index contributed by atoms with van der Waals surface area (Å²) in [6.07, 6.45) is 0. The van der Waals surface area contributed by atoms with E-state index in [1.165, 1.54) is 0 Å². The molecule has 0 aromatic heterocycles. The van der Waals surface area contributed by atoms with E-state index in [2.05, 4.69) is 26.6 Å². The molecule has 0 atom stereocenters. The normalized spacial score (nSPS) is 10.2. The van der Waals surface area contributed by atoms with Crippen LogP contribution >= 0.6 is 15.9 Å². The number of halogens is 1. The van der Waals surface area contributed by atoms with Crippen LogP contribution in [0.15, 0.2) is 46.9 Å². The first-order valence-corrected chi connectivity index (χ1v) is 7.20. The van der Waals surface area contributed by atoms with E-state index >= 15 is 0 Å². The third-order valence-corrected chi connectivity index (χ3v) is 3.25. The van der Waals surface area contributed by atoms with Crippen molar-refractivity contribution in [1.82, 2.24) is 0 Å². The highest BCUT2D eigenvalue weighted by Crippen LogP contribution is 2.18.